The average Bonchev–Trinajstić information content (AvgIpc) is 2.53. The highest BCUT2D eigenvalue weighted by Gasteiger charge is 2.10. The number of nitrogens with one attached hydrogen (secondary N) is 1. The van der Waals surface area contributed by atoms with E-state index in [1.54, 1.807) is 26.4 Å². The highest BCUT2D eigenvalue weighted by Crippen LogP contribution is 2.34. The maximum Gasteiger partial charge on any atom is 0.119 e. The van der Waals surface area contributed by atoms with Crippen molar-refractivity contribution in [3.05, 3.63) is 36.4 Å². The molecule has 0 fully saturated rings. The van der Waals surface area contributed by atoms with Gasteiger partial charge in [-0.1, -0.05) is 0 Å². The minimum absolute atomic E-state index is 0.204. The fourth-order valence-corrected chi connectivity index (χ4v) is 2.51. The molecule has 2 N–H and O–H groups in total. The zero-order chi connectivity index (χ0) is 15.5. The van der Waals surface area contributed by atoms with Gasteiger partial charge in [0.05, 0.1) is 30.4 Å². The molecule has 5 nitrogen and oxygen atoms in total. The molecule has 0 bridgehead atoms. The predicted molar refractivity (Wildman–Crippen MR) is 87.8 cm³/mol. The second-order valence-electron chi connectivity index (χ2n) is 4.99. The van der Waals surface area contributed by atoms with Gasteiger partial charge >= 0.3 is 0 Å². The first-order chi connectivity index (χ1) is 10.7. The first kappa shape index (κ1) is 14.4. The van der Waals surface area contributed by atoms with Gasteiger partial charge in [-0.2, -0.15) is 0 Å². The van der Waals surface area contributed by atoms with Gasteiger partial charge in [-0.3, -0.25) is 0 Å². The van der Waals surface area contributed by atoms with Crippen molar-refractivity contribution in [1.29, 1.82) is 0 Å². The zero-order valence-corrected chi connectivity index (χ0v) is 12.6. The zero-order valence-electron chi connectivity index (χ0n) is 12.6. The van der Waals surface area contributed by atoms with Crippen LogP contribution in [0.2, 0.25) is 0 Å². The van der Waals surface area contributed by atoms with Crippen LogP contribution < -0.4 is 10.1 Å². The molecule has 3 rings (SSSR count). The molecule has 0 saturated heterocycles. The van der Waals surface area contributed by atoms with E-state index in [0.29, 0.717) is 13.2 Å². The van der Waals surface area contributed by atoms with Gasteiger partial charge in [0.1, 0.15) is 11.5 Å². The summed E-state index contributed by atoms with van der Waals surface area (Å²) in [5.74, 6) is 0.984. The fraction of sp³-hybridized carbons (Fsp3) is 0.235. The molecule has 0 atom stereocenters. The topological polar surface area (TPSA) is 63.6 Å². The molecule has 0 amide bonds. The molecule has 3 aromatic rings. The lowest BCUT2D eigenvalue weighted by atomic mass is 10.1. The number of pyridine rings is 1. The van der Waals surface area contributed by atoms with Gasteiger partial charge < -0.3 is 19.9 Å². The lowest BCUT2D eigenvalue weighted by Crippen LogP contribution is -2.08. The van der Waals surface area contributed by atoms with Crippen molar-refractivity contribution in [3.63, 3.8) is 0 Å². The van der Waals surface area contributed by atoms with Crippen LogP contribution >= 0.6 is 0 Å². The molecule has 0 saturated carbocycles. The minimum atomic E-state index is 0.204. The number of hydrogen-bond acceptors (Lipinski definition) is 5. The van der Waals surface area contributed by atoms with Crippen LogP contribution in [0.4, 0.5) is 5.69 Å². The van der Waals surface area contributed by atoms with Gasteiger partial charge in [0.25, 0.3) is 0 Å². The van der Waals surface area contributed by atoms with Crippen molar-refractivity contribution in [1.82, 2.24) is 4.98 Å². The number of aromatic hydroxyl groups is 1. The second kappa shape index (κ2) is 6.07. The molecule has 0 aliphatic rings. The van der Waals surface area contributed by atoms with Gasteiger partial charge in [-0.05, 0) is 30.3 Å². The van der Waals surface area contributed by atoms with E-state index in [1.165, 1.54) is 0 Å². The number of rotatable bonds is 5. The maximum atomic E-state index is 9.69. The summed E-state index contributed by atoms with van der Waals surface area (Å²) in [6.45, 7) is 1.29. The molecule has 5 heteroatoms. The van der Waals surface area contributed by atoms with E-state index in [1.807, 2.05) is 24.3 Å². The number of methoxy groups -OCH3 is 2. The molecule has 0 aliphatic carbocycles. The van der Waals surface area contributed by atoms with E-state index < -0.39 is 0 Å². The van der Waals surface area contributed by atoms with Gasteiger partial charge in [0.2, 0.25) is 0 Å². The van der Waals surface area contributed by atoms with Crippen molar-refractivity contribution < 1.29 is 14.6 Å². The standard InChI is InChI=1S/C17H18N2O3/c1-21-8-7-18-17-13-5-3-11(20)9-16(13)19-15-6-4-12(22-2)10-14(15)17/h3-6,9-10,20H,7-8H2,1-2H3,(H,18,19). The van der Waals surface area contributed by atoms with Crippen LogP contribution in [-0.4, -0.2) is 37.5 Å². The molecule has 0 aliphatic heterocycles. The van der Waals surface area contributed by atoms with Crippen LogP contribution in [0.25, 0.3) is 21.8 Å². The lowest BCUT2D eigenvalue weighted by molar-refractivity contribution is 0.211. The third-order valence-electron chi connectivity index (χ3n) is 3.57. The van der Waals surface area contributed by atoms with Crippen LogP contribution in [0, 0.1) is 0 Å². The van der Waals surface area contributed by atoms with Crippen LogP contribution in [-0.2, 0) is 4.74 Å². The summed E-state index contributed by atoms with van der Waals surface area (Å²) in [4.78, 5) is 4.62. The van der Waals surface area contributed by atoms with E-state index >= 15 is 0 Å². The first-order valence-electron chi connectivity index (χ1n) is 7.06. The Balaban J connectivity index is 2.24. The SMILES string of the molecule is COCCNc1c2ccc(O)cc2nc2ccc(OC)cc12. The molecule has 22 heavy (non-hydrogen) atoms. The van der Waals surface area contributed by atoms with Crippen molar-refractivity contribution in [2.45, 2.75) is 0 Å². The Morgan fingerprint density at radius 3 is 2.68 bits per heavy atom. The lowest BCUT2D eigenvalue weighted by Gasteiger charge is -2.14. The molecule has 1 aromatic heterocycles. The molecular weight excluding hydrogens is 280 g/mol. The number of aromatic nitrogens is 1. The van der Waals surface area contributed by atoms with E-state index in [-0.39, 0.29) is 5.75 Å². The molecule has 2 aromatic carbocycles. The molecule has 1 heterocycles. The summed E-state index contributed by atoms with van der Waals surface area (Å²) in [6.07, 6.45) is 0. The van der Waals surface area contributed by atoms with E-state index in [2.05, 4.69) is 10.3 Å². The highest BCUT2D eigenvalue weighted by molar-refractivity contribution is 6.08. The average molecular weight is 298 g/mol. The Bertz CT molecular complexity index is 818. The molecular formula is C17H18N2O3. The number of hydrogen-bond donors (Lipinski definition) is 2. The number of phenolic OH excluding ortho intramolecular Hbond substituents is 1. The fourth-order valence-electron chi connectivity index (χ4n) is 2.51. The summed E-state index contributed by atoms with van der Waals surface area (Å²) in [7, 11) is 3.32. The maximum absolute atomic E-state index is 9.69. The number of anilines is 1. The van der Waals surface area contributed by atoms with Gasteiger partial charge in [0.15, 0.2) is 0 Å². The quantitative estimate of drug-likeness (QED) is 0.559. The number of benzene rings is 2. The van der Waals surface area contributed by atoms with E-state index in [4.69, 9.17) is 9.47 Å². The van der Waals surface area contributed by atoms with Gasteiger partial charge in [0, 0.05) is 30.5 Å². The third-order valence-corrected chi connectivity index (χ3v) is 3.57. The Hall–Kier alpha value is -2.53. The Kier molecular flexibility index (Phi) is 3.98. The summed E-state index contributed by atoms with van der Waals surface area (Å²) in [5, 5.41) is 15.0. The van der Waals surface area contributed by atoms with Crippen LogP contribution in [0.5, 0.6) is 11.5 Å². The monoisotopic (exact) mass is 298 g/mol. The number of ether oxygens (including phenoxy) is 2. The molecule has 0 spiro atoms. The Morgan fingerprint density at radius 1 is 1.05 bits per heavy atom. The summed E-state index contributed by atoms with van der Waals surface area (Å²) in [5.41, 5.74) is 2.56. The van der Waals surface area contributed by atoms with Crippen LogP contribution in [0.1, 0.15) is 0 Å². The van der Waals surface area contributed by atoms with E-state index in [9.17, 15) is 5.11 Å². The van der Waals surface area contributed by atoms with Crippen LogP contribution in [0.3, 0.4) is 0 Å². The van der Waals surface area contributed by atoms with Crippen LogP contribution in [0.15, 0.2) is 36.4 Å². The normalized spacial score (nSPS) is 11.0. The number of phenols is 1. The van der Waals surface area contributed by atoms with Gasteiger partial charge in [-0.25, -0.2) is 4.98 Å². The predicted octanol–water partition coefficient (Wildman–Crippen LogP) is 3.16. The van der Waals surface area contributed by atoms with Gasteiger partial charge in [-0.15, -0.1) is 0 Å². The first-order valence-corrected chi connectivity index (χ1v) is 7.06. The third kappa shape index (κ3) is 2.63. The smallest absolute Gasteiger partial charge is 0.119 e. The molecule has 114 valence electrons. The summed E-state index contributed by atoms with van der Waals surface area (Å²) >= 11 is 0. The van der Waals surface area contributed by atoms with E-state index in [0.717, 1.165) is 33.2 Å². The van der Waals surface area contributed by atoms with Crippen molar-refractivity contribution >= 4 is 27.5 Å². The number of nitrogens with zero attached hydrogens (tertiary/aromatic N) is 1. The molecule has 0 unspecified atom stereocenters. The largest absolute Gasteiger partial charge is 0.508 e. The highest BCUT2D eigenvalue weighted by atomic mass is 16.5. The second-order valence-corrected chi connectivity index (χ2v) is 4.99. The Morgan fingerprint density at radius 2 is 1.91 bits per heavy atom. The summed E-state index contributed by atoms with van der Waals surface area (Å²) < 4.78 is 10.4. The summed E-state index contributed by atoms with van der Waals surface area (Å²) in [6, 6.07) is 11.0. The Labute approximate surface area is 128 Å². The van der Waals surface area contributed by atoms with Crippen molar-refractivity contribution in [2.24, 2.45) is 0 Å². The van der Waals surface area contributed by atoms with Crippen molar-refractivity contribution in [2.75, 3.05) is 32.7 Å². The molecule has 0 radical (unpaired) electrons. The van der Waals surface area contributed by atoms with Crippen molar-refractivity contribution in [3.8, 4) is 11.5 Å². The number of fused-ring (bicyclic) bond motifs is 2. The minimum Gasteiger partial charge on any atom is -0.508 e.